The van der Waals surface area contributed by atoms with Crippen LogP contribution in [0.4, 0.5) is 0 Å². The minimum atomic E-state index is -4.10. The maximum atomic E-state index is 13.1. The van der Waals surface area contributed by atoms with E-state index in [0.29, 0.717) is 17.1 Å². The first-order chi connectivity index (χ1) is 15.6. The Hall–Kier alpha value is -3.32. The van der Waals surface area contributed by atoms with E-state index < -0.39 is 32.3 Å². The first-order valence-electron chi connectivity index (χ1n) is 9.49. The lowest BCUT2D eigenvalue weighted by Gasteiger charge is -2.21. The van der Waals surface area contributed by atoms with Gasteiger partial charge < -0.3 is 4.74 Å². The number of nitrogens with one attached hydrogen (secondary N) is 1. The second kappa shape index (κ2) is 10.1. The quantitative estimate of drug-likeness (QED) is 0.342. The smallest absolute Gasteiger partial charge is 0.258 e. The lowest BCUT2D eigenvalue weighted by molar-refractivity contribution is -0.129. The molecular formula is C21H21N3O7S2. The van der Waals surface area contributed by atoms with Gasteiger partial charge in [-0.3, -0.25) is 15.0 Å². The van der Waals surface area contributed by atoms with Crippen molar-refractivity contribution >= 4 is 25.8 Å². The Morgan fingerprint density at radius 1 is 0.970 bits per heavy atom. The van der Waals surface area contributed by atoms with Crippen LogP contribution in [0.1, 0.15) is 5.56 Å². The number of sulfone groups is 1. The summed E-state index contributed by atoms with van der Waals surface area (Å²) in [4.78, 5) is 15.7. The number of amides is 1. The second-order valence-electron chi connectivity index (χ2n) is 6.99. The average molecular weight is 492 g/mol. The van der Waals surface area contributed by atoms with Gasteiger partial charge in [-0.25, -0.2) is 22.3 Å². The van der Waals surface area contributed by atoms with Crippen LogP contribution in [0.25, 0.3) is 0 Å². The summed E-state index contributed by atoms with van der Waals surface area (Å²) in [5.41, 5.74) is 2.00. The van der Waals surface area contributed by atoms with Crippen LogP contribution in [0.15, 0.2) is 82.8 Å². The molecule has 3 aromatic rings. The Kier molecular flexibility index (Phi) is 7.43. The van der Waals surface area contributed by atoms with E-state index in [1.807, 2.05) is 0 Å². The third kappa shape index (κ3) is 6.35. The topological polar surface area (TPSA) is 143 Å². The number of hydrogen-bond donors (Lipinski definition) is 2. The molecule has 0 aliphatic carbocycles. The molecule has 0 aliphatic heterocycles. The summed E-state index contributed by atoms with van der Waals surface area (Å²) in [7, 11) is -7.44. The van der Waals surface area contributed by atoms with Crippen LogP contribution >= 0.6 is 0 Å². The molecule has 2 N–H and O–H groups in total. The van der Waals surface area contributed by atoms with Crippen LogP contribution in [-0.2, 0) is 31.2 Å². The Labute approximate surface area is 191 Å². The van der Waals surface area contributed by atoms with E-state index in [4.69, 9.17) is 9.94 Å². The number of sulfonamides is 1. The molecule has 0 aliphatic rings. The number of carbonyl (C=O) groups is 1. The van der Waals surface area contributed by atoms with Gasteiger partial charge in [-0.2, -0.15) is 4.31 Å². The Morgan fingerprint density at radius 3 is 2.03 bits per heavy atom. The predicted molar refractivity (Wildman–Crippen MR) is 118 cm³/mol. The lowest BCUT2D eigenvalue weighted by atomic mass is 10.3. The highest BCUT2D eigenvalue weighted by Crippen LogP contribution is 2.26. The standard InChI is InChI=1S/C21H21N3O7S2/c1-32(27,28)19-8-4-17(5-9-19)31-18-6-10-20(11-7-18)33(29,30)24(15-21(25)23-26)14-16-3-2-12-22-13-16/h2-13,26H,14-15H2,1H3,(H,23,25). The van der Waals surface area contributed by atoms with Crippen LogP contribution in [0.5, 0.6) is 11.5 Å². The van der Waals surface area contributed by atoms with Crippen LogP contribution in [-0.4, -0.2) is 50.0 Å². The van der Waals surface area contributed by atoms with Gasteiger partial charge in [0.2, 0.25) is 10.0 Å². The Morgan fingerprint density at radius 2 is 1.55 bits per heavy atom. The van der Waals surface area contributed by atoms with Crippen molar-refractivity contribution < 1.29 is 31.6 Å². The summed E-state index contributed by atoms with van der Waals surface area (Å²) in [5, 5.41) is 8.84. The lowest BCUT2D eigenvalue weighted by Crippen LogP contribution is -2.39. The first-order valence-corrected chi connectivity index (χ1v) is 12.8. The molecule has 33 heavy (non-hydrogen) atoms. The highest BCUT2D eigenvalue weighted by Gasteiger charge is 2.27. The molecular weight excluding hydrogens is 470 g/mol. The molecule has 0 saturated heterocycles. The molecule has 0 unspecified atom stereocenters. The van der Waals surface area contributed by atoms with Crippen LogP contribution in [0.3, 0.4) is 0 Å². The fourth-order valence-corrected chi connectivity index (χ4v) is 4.85. The van der Waals surface area contributed by atoms with E-state index >= 15 is 0 Å². The third-order valence-electron chi connectivity index (χ3n) is 4.48. The number of hydrogen-bond acceptors (Lipinski definition) is 8. The fourth-order valence-electron chi connectivity index (χ4n) is 2.84. The highest BCUT2D eigenvalue weighted by molar-refractivity contribution is 7.90. The molecule has 1 aromatic heterocycles. The van der Waals surface area contributed by atoms with Gasteiger partial charge in [-0.1, -0.05) is 6.07 Å². The van der Waals surface area contributed by atoms with Crippen molar-refractivity contribution in [1.82, 2.24) is 14.8 Å². The molecule has 0 saturated carbocycles. The molecule has 0 fully saturated rings. The van der Waals surface area contributed by atoms with Gasteiger partial charge in [0.05, 0.1) is 16.3 Å². The number of ether oxygens (including phenoxy) is 1. The molecule has 0 radical (unpaired) electrons. The summed E-state index contributed by atoms with van der Waals surface area (Å²) in [6.07, 6.45) is 4.12. The zero-order chi connectivity index (χ0) is 24.1. The summed E-state index contributed by atoms with van der Waals surface area (Å²) >= 11 is 0. The maximum absolute atomic E-state index is 13.1. The van der Waals surface area contributed by atoms with Crippen molar-refractivity contribution in [2.24, 2.45) is 0 Å². The van der Waals surface area contributed by atoms with Gasteiger partial charge in [-0.05, 0) is 60.2 Å². The third-order valence-corrected chi connectivity index (χ3v) is 7.41. The predicted octanol–water partition coefficient (Wildman–Crippen LogP) is 1.97. The summed E-state index contributed by atoms with van der Waals surface area (Å²) in [5.74, 6) is -0.191. The molecule has 2 aromatic carbocycles. The molecule has 174 valence electrons. The number of benzene rings is 2. The number of aromatic nitrogens is 1. The fraction of sp³-hybridized carbons (Fsp3) is 0.143. The van der Waals surface area contributed by atoms with Gasteiger partial charge in [0.1, 0.15) is 11.5 Å². The molecule has 12 heteroatoms. The molecule has 0 bridgehead atoms. The minimum absolute atomic E-state index is 0.0862. The van der Waals surface area contributed by atoms with Crippen molar-refractivity contribution in [2.45, 2.75) is 16.3 Å². The molecule has 0 spiro atoms. The zero-order valence-corrected chi connectivity index (χ0v) is 19.1. The largest absolute Gasteiger partial charge is 0.457 e. The molecule has 1 amide bonds. The monoisotopic (exact) mass is 491 g/mol. The van der Waals surface area contributed by atoms with E-state index in [0.717, 1.165) is 10.6 Å². The number of rotatable bonds is 9. The normalized spacial score (nSPS) is 11.8. The first kappa shape index (κ1) is 24.3. The van der Waals surface area contributed by atoms with Gasteiger partial charge in [0, 0.05) is 25.2 Å². The van der Waals surface area contributed by atoms with Crippen molar-refractivity contribution in [3.05, 3.63) is 78.6 Å². The van der Waals surface area contributed by atoms with Gasteiger partial charge >= 0.3 is 0 Å². The van der Waals surface area contributed by atoms with Crippen molar-refractivity contribution in [1.29, 1.82) is 0 Å². The zero-order valence-electron chi connectivity index (χ0n) is 17.5. The molecule has 0 atom stereocenters. The van der Waals surface area contributed by atoms with E-state index in [2.05, 4.69) is 4.98 Å². The number of hydroxylamine groups is 1. The van der Waals surface area contributed by atoms with Crippen molar-refractivity contribution in [3.63, 3.8) is 0 Å². The average Bonchev–Trinajstić information content (AvgIpc) is 2.79. The van der Waals surface area contributed by atoms with Crippen LogP contribution < -0.4 is 10.2 Å². The second-order valence-corrected chi connectivity index (χ2v) is 10.9. The SMILES string of the molecule is CS(=O)(=O)c1ccc(Oc2ccc(S(=O)(=O)N(CC(=O)NO)Cc3cccnc3)cc2)cc1. The maximum Gasteiger partial charge on any atom is 0.258 e. The van der Waals surface area contributed by atoms with E-state index in [1.165, 1.54) is 66.4 Å². The van der Waals surface area contributed by atoms with Gasteiger partial charge in [0.15, 0.2) is 9.84 Å². The highest BCUT2D eigenvalue weighted by atomic mass is 32.2. The molecule has 1 heterocycles. The van der Waals surface area contributed by atoms with Crippen LogP contribution in [0, 0.1) is 0 Å². The van der Waals surface area contributed by atoms with E-state index in [-0.39, 0.29) is 16.3 Å². The Bertz CT molecular complexity index is 1310. The van der Waals surface area contributed by atoms with Crippen molar-refractivity contribution in [3.8, 4) is 11.5 Å². The van der Waals surface area contributed by atoms with Crippen LogP contribution in [0.2, 0.25) is 0 Å². The number of pyridine rings is 1. The van der Waals surface area contributed by atoms with Gasteiger partial charge in [-0.15, -0.1) is 0 Å². The molecule has 10 nitrogen and oxygen atoms in total. The number of nitrogens with zero attached hydrogens (tertiary/aromatic N) is 2. The summed E-state index contributed by atoms with van der Waals surface area (Å²) < 4.78 is 55.9. The number of carbonyl (C=O) groups excluding carboxylic acids is 1. The summed E-state index contributed by atoms with van der Waals surface area (Å²) in [6.45, 7) is -0.729. The van der Waals surface area contributed by atoms with E-state index in [1.54, 1.807) is 12.1 Å². The molecule has 3 rings (SSSR count). The Balaban J connectivity index is 1.80. The van der Waals surface area contributed by atoms with E-state index in [9.17, 15) is 21.6 Å². The van der Waals surface area contributed by atoms with Gasteiger partial charge in [0.25, 0.3) is 5.91 Å². The minimum Gasteiger partial charge on any atom is -0.457 e. The summed E-state index contributed by atoms with van der Waals surface area (Å²) in [6, 6.07) is 14.6. The van der Waals surface area contributed by atoms with Crippen molar-refractivity contribution in [2.75, 3.05) is 12.8 Å².